The summed E-state index contributed by atoms with van der Waals surface area (Å²) in [6.45, 7) is 0. The van der Waals surface area contributed by atoms with Crippen LogP contribution in [0.2, 0.25) is 0 Å². The molecule has 4 aromatic rings. The smallest absolute Gasteiger partial charge is 0.194 e. The Morgan fingerprint density at radius 3 is 2.30 bits per heavy atom. The van der Waals surface area contributed by atoms with E-state index in [-0.39, 0.29) is 11.5 Å². The van der Waals surface area contributed by atoms with Gasteiger partial charge in [0.25, 0.3) is 0 Å². The number of carbonyl (C=O) groups excluding carboxylic acids is 1. The highest BCUT2D eigenvalue weighted by molar-refractivity contribution is 6.27. The standard InChI is InChI=1S/C24H16O3/c1-27-22-13-14(9-12-21(22)25)15-10-11-18-16-5-2-3-6-19(16)24(26)20-8-4-7-17(15)23(18)20/h2-13,25H,1H3. The first-order chi connectivity index (χ1) is 13.2. The van der Waals surface area contributed by atoms with Crippen molar-refractivity contribution in [3.8, 4) is 33.8 Å². The van der Waals surface area contributed by atoms with Crippen LogP contribution >= 0.6 is 0 Å². The summed E-state index contributed by atoms with van der Waals surface area (Å²) in [6.07, 6.45) is 0. The first-order valence-electron chi connectivity index (χ1n) is 8.76. The second-order valence-electron chi connectivity index (χ2n) is 6.65. The van der Waals surface area contributed by atoms with E-state index in [1.54, 1.807) is 6.07 Å². The SMILES string of the molecule is COc1cc(-c2ccc3c4c(cccc24)C(=O)c2ccccc2-3)ccc1O. The first kappa shape index (κ1) is 15.6. The van der Waals surface area contributed by atoms with E-state index < -0.39 is 0 Å². The van der Waals surface area contributed by atoms with Crippen LogP contribution in [0.4, 0.5) is 0 Å². The van der Waals surface area contributed by atoms with Crippen molar-refractivity contribution in [2.24, 2.45) is 0 Å². The van der Waals surface area contributed by atoms with Gasteiger partial charge in [-0.1, -0.05) is 60.7 Å². The molecular weight excluding hydrogens is 336 g/mol. The van der Waals surface area contributed by atoms with E-state index in [9.17, 15) is 9.90 Å². The molecule has 0 aromatic heterocycles. The van der Waals surface area contributed by atoms with Gasteiger partial charge in [0.2, 0.25) is 0 Å². The van der Waals surface area contributed by atoms with Gasteiger partial charge >= 0.3 is 0 Å². The Bertz CT molecular complexity index is 1240. The van der Waals surface area contributed by atoms with Crippen LogP contribution in [0.1, 0.15) is 15.9 Å². The van der Waals surface area contributed by atoms with Crippen molar-refractivity contribution in [2.45, 2.75) is 0 Å². The fourth-order valence-corrected chi connectivity index (χ4v) is 3.98. The van der Waals surface area contributed by atoms with E-state index in [0.717, 1.165) is 44.2 Å². The van der Waals surface area contributed by atoms with Crippen LogP contribution in [-0.2, 0) is 0 Å². The van der Waals surface area contributed by atoms with Crippen LogP contribution in [-0.4, -0.2) is 18.0 Å². The average molecular weight is 352 g/mol. The largest absolute Gasteiger partial charge is 0.504 e. The van der Waals surface area contributed by atoms with Crippen LogP contribution in [0.3, 0.4) is 0 Å². The number of rotatable bonds is 2. The number of carbonyl (C=O) groups is 1. The number of fused-ring (bicyclic) bond motifs is 2. The molecular formula is C24H16O3. The monoisotopic (exact) mass is 352 g/mol. The summed E-state index contributed by atoms with van der Waals surface area (Å²) in [4.78, 5) is 13.0. The van der Waals surface area contributed by atoms with Crippen molar-refractivity contribution >= 4 is 16.6 Å². The molecule has 1 aliphatic carbocycles. The number of hydrogen-bond donors (Lipinski definition) is 1. The third-order valence-corrected chi connectivity index (χ3v) is 5.24. The summed E-state index contributed by atoms with van der Waals surface area (Å²) in [5, 5.41) is 11.9. The van der Waals surface area contributed by atoms with Gasteiger partial charge in [-0.05, 0) is 39.8 Å². The zero-order chi connectivity index (χ0) is 18.5. The van der Waals surface area contributed by atoms with E-state index in [2.05, 4.69) is 12.1 Å². The second-order valence-corrected chi connectivity index (χ2v) is 6.65. The molecule has 5 rings (SSSR count). The number of methoxy groups -OCH3 is 1. The maximum atomic E-state index is 13.0. The molecule has 0 saturated carbocycles. The molecule has 3 nitrogen and oxygen atoms in total. The summed E-state index contributed by atoms with van der Waals surface area (Å²) in [5.41, 5.74) is 5.46. The van der Waals surface area contributed by atoms with Gasteiger partial charge in [-0.25, -0.2) is 0 Å². The minimum absolute atomic E-state index is 0.0594. The molecule has 0 fully saturated rings. The molecule has 1 aliphatic rings. The molecule has 0 aliphatic heterocycles. The number of phenolic OH excluding ortho intramolecular Hbond substituents is 1. The molecule has 1 N–H and O–H groups in total. The summed E-state index contributed by atoms with van der Waals surface area (Å²) >= 11 is 0. The normalized spacial score (nSPS) is 12.1. The summed E-state index contributed by atoms with van der Waals surface area (Å²) < 4.78 is 5.26. The zero-order valence-electron chi connectivity index (χ0n) is 14.7. The van der Waals surface area contributed by atoms with Gasteiger partial charge in [0.1, 0.15) is 0 Å². The van der Waals surface area contributed by atoms with Gasteiger partial charge in [-0.2, -0.15) is 0 Å². The van der Waals surface area contributed by atoms with Crippen LogP contribution in [0.15, 0.2) is 72.8 Å². The Morgan fingerprint density at radius 2 is 1.48 bits per heavy atom. The molecule has 0 amide bonds. The van der Waals surface area contributed by atoms with E-state index in [0.29, 0.717) is 5.75 Å². The van der Waals surface area contributed by atoms with Crippen molar-refractivity contribution in [1.29, 1.82) is 0 Å². The fourth-order valence-electron chi connectivity index (χ4n) is 3.98. The van der Waals surface area contributed by atoms with Gasteiger partial charge in [0.15, 0.2) is 17.3 Å². The number of ether oxygens (including phenoxy) is 1. The fraction of sp³-hybridized carbons (Fsp3) is 0.0417. The summed E-state index contributed by atoms with van der Waals surface area (Å²) in [7, 11) is 1.53. The lowest BCUT2D eigenvalue weighted by atomic mass is 9.81. The third kappa shape index (κ3) is 2.18. The first-order valence-corrected chi connectivity index (χ1v) is 8.76. The number of ketones is 1. The molecule has 0 radical (unpaired) electrons. The maximum Gasteiger partial charge on any atom is 0.194 e. The molecule has 27 heavy (non-hydrogen) atoms. The van der Waals surface area contributed by atoms with Gasteiger partial charge in [0.05, 0.1) is 7.11 Å². The minimum atomic E-state index is 0.0594. The van der Waals surface area contributed by atoms with E-state index in [1.165, 1.54) is 7.11 Å². The third-order valence-electron chi connectivity index (χ3n) is 5.24. The van der Waals surface area contributed by atoms with E-state index in [1.807, 2.05) is 54.6 Å². The maximum absolute atomic E-state index is 13.0. The number of benzene rings is 4. The zero-order valence-corrected chi connectivity index (χ0v) is 14.7. The lowest BCUT2D eigenvalue weighted by Crippen LogP contribution is -2.09. The molecule has 0 saturated heterocycles. The van der Waals surface area contributed by atoms with Crippen molar-refractivity contribution in [3.05, 3.63) is 83.9 Å². The predicted molar refractivity (Wildman–Crippen MR) is 106 cm³/mol. The minimum Gasteiger partial charge on any atom is -0.504 e. The molecule has 3 heteroatoms. The number of phenols is 1. The van der Waals surface area contributed by atoms with Crippen LogP contribution in [0, 0.1) is 0 Å². The Labute approximate surface area is 156 Å². The van der Waals surface area contributed by atoms with Crippen molar-refractivity contribution in [2.75, 3.05) is 7.11 Å². The highest BCUT2D eigenvalue weighted by Gasteiger charge is 2.25. The van der Waals surface area contributed by atoms with Crippen molar-refractivity contribution < 1.29 is 14.6 Å². The van der Waals surface area contributed by atoms with Crippen LogP contribution in [0.25, 0.3) is 33.0 Å². The molecule has 0 bridgehead atoms. The average Bonchev–Trinajstić information content (AvgIpc) is 2.72. The highest BCUT2D eigenvalue weighted by Crippen LogP contribution is 2.43. The van der Waals surface area contributed by atoms with E-state index in [4.69, 9.17) is 4.74 Å². The molecule has 0 unspecified atom stereocenters. The molecule has 0 atom stereocenters. The number of hydrogen-bond acceptors (Lipinski definition) is 3. The summed E-state index contributed by atoms with van der Waals surface area (Å²) in [6, 6.07) is 23.1. The van der Waals surface area contributed by atoms with Gasteiger partial charge in [-0.3, -0.25) is 4.79 Å². The van der Waals surface area contributed by atoms with Crippen molar-refractivity contribution in [1.82, 2.24) is 0 Å². The van der Waals surface area contributed by atoms with E-state index >= 15 is 0 Å². The summed E-state index contributed by atoms with van der Waals surface area (Å²) in [5.74, 6) is 0.589. The Balaban J connectivity index is 1.85. The second kappa shape index (κ2) is 5.71. The highest BCUT2D eigenvalue weighted by atomic mass is 16.5. The van der Waals surface area contributed by atoms with Gasteiger partial charge in [-0.15, -0.1) is 0 Å². The number of aromatic hydroxyl groups is 1. The van der Waals surface area contributed by atoms with Crippen molar-refractivity contribution in [3.63, 3.8) is 0 Å². The molecule has 0 heterocycles. The quantitative estimate of drug-likeness (QED) is 0.461. The van der Waals surface area contributed by atoms with Crippen LogP contribution in [0.5, 0.6) is 11.5 Å². The molecule has 0 spiro atoms. The van der Waals surface area contributed by atoms with Gasteiger partial charge < -0.3 is 9.84 Å². The topological polar surface area (TPSA) is 46.5 Å². The Kier molecular flexibility index (Phi) is 3.31. The Morgan fingerprint density at radius 1 is 0.741 bits per heavy atom. The lowest BCUT2D eigenvalue weighted by molar-refractivity contribution is 0.104. The predicted octanol–water partition coefficient (Wildman–Crippen LogP) is 5.43. The molecule has 130 valence electrons. The lowest BCUT2D eigenvalue weighted by Gasteiger charge is -2.21. The molecule has 4 aromatic carbocycles. The Hall–Kier alpha value is -3.59. The van der Waals surface area contributed by atoms with Gasteiger partial charge in [0, 0.05) is 16.5 Å². The van der Waals surface area contributed by atoms with Crippen LogP contribution < -0.4 is 4.74 Å².